The van der Waals surface area contributed by atoms with Crippen molar-refractivity contribution < 1.29 is 14.4 Å². The Hall–Kier alpha value is -3.17. The predicted molar refractivity (Wildman–Crippen MR) is 122 cm³/mol. The molecule has 3 aromatic rings. The van der Waals surface area contributed by atoms with Gasteiger partial charge in [0.1, 0.15) is 0 Å². The molecule has 0 aliphatic heterocycles. The highest BCUT2D eigenvalue weighted by Crippen LogP contribution is 2.21. The van der Waals surface area contributed by atoms with Gasteiger partial charge in [-0.3, -0.25) is 19.7 Å². The third-order valence-electron chi connectivity index (χ3n) is 3.78. The Balaban J connectivity index is 1.41. The van der Waals surface area contributed by atoms with Gasteiger partial charge in [0.25, 0.3) is 5.91 Å². The van der Waals surface area contributed by atoms with Gasteiger partial charge in [-0.05, 0) is 36.4 Å². The van der Waals surface area contributed by atoms with Crippen molar-refractivity contribution in [1.82, 2.24) is 4.98 Å². The SMILES string of the molecule is CC(=O)Nc1ccc(NC(=O)CSCc2csc(NC(=O)c3ccccc3)n2)cc1. The van der Waals surface area contributed by atoms with E-state index in [0.29, 0.717) is 27.8 Å². The van der Waals surface area contributed by atoms with E-state index in [1.165, 1.54) is 30.0 Å². The van der Waals surface area contributed by atoms with E-state index in [4.69, 9.17) is 0 Å². The highest BCUT2D eigenvalue weighted by Gasteiger charge is 2.09. The largest absolute Gasteiger partial charge is 0.326 e. The summed E-state index contributed by atoms with van der Waals surface area (Å²) in [5.41, 5.74) is 2.72. The average Bonchev–Trinajstić information content (AvgIpc) is 3.17. The molecule has 7 nitrogen and oxygen atoms in total. The van der Waals surface area contributed by atoms with Crippen LogP contribution in [0.4, 0.5) is 16.5 Å². The number of aromatic nitrogens is 1. The van der Waals surface area contributed by atoms with Gasteiger partial charge >= 0.3 is 0 Å². The molecule has 9 heteroatoms. The molecule has 3 amide bonds. The number of rotatable bonds is 8. The molecule has 0 aliphatic carbocycles. The zero-order valence-corrected chi connectivity index (χ0v) is 17.8. The van der Waals surface area contributed by atoms with E-state index in [2.05, 4.69) is 20.9 Å². The number of thioether (sulfide) groups is 1. The third-order valence-corrected chi connectivity index (χ3v) is 5.55. The molecule has 0 saturated heterocycles. The van der Waals surface area contributed by atoms with Crippen LogP contribution in [0.25, 0.3) is 0 Å². The zero-order valence-electron chi connectivity index (χ0n) is 16.2. The van der Waals surface area contributed by atoms with Crippen LogP contribution in [0.5, 0.6) is 0 Å². The molecule has 0 fully saturated rings. The maximum Gasteiger partial charge on any atom is 0.257 e. The highest BCUT2D eigenvalue weighted by atomic mass is 32.2. The lowest BCUT2D eigenvalue weighted by molar-refractivity contribution is -0.114. The molecule has 0 spiro atoms. The van der Waals surface area contributed by atoms with E-state index in [1.807, 2.05) is 11.4 Å². The van der Waals surface area contributed by atoms with Gasteiger partial charge in [0.2, 0.25) is 11.8 Å². The molecular weight excluding hydrogens is 420 g/mol. The summed E-state index contributed by atoms with van der Waals surface area (Å²) >= 11 is 2.79. The van der Waals surface area contributed by atoms with Crippen molar-refractivity contribution in [1.29, 1.82) is 0 Å². The van der Waals surface area contributed by atoms with Crippen molar-refractivity contribution in [2.45, 2.75) is 12.7 Å². The molecule has 1 heterocycles. The van der Waals surface area contributed by atoms with Crippen molar-refractivity contribution in [2.75, 3.05) is 21.7 Å². The highest BCUT2D eigenvalue weighted by molar-refractivity contribution is 7.99. The summed E-state index contributed by atoms with van der Waals surface area (Å²) in [7, 11) is 0. The Bertz CT molecular complexity index is 1020. The Kier molecular flexibility index (Phi) is 7.58. The number of carbonyl (C=O) groups excluding carboxylic acids is 3. The van der Waals surface area contributed by atoms with Crippen LogP contribution in [-0.4, -0.2) is 28.5 Å². The fourth-order valence-corrected chi connectivity index (χ4v) is 4.00. The lowest BCUT2D eigenvalue weighted by Crippen LogP contribution is -2.14. The van der Waals surface area contributed by atoms with E-state index >= 15 is 0 Å². The predicted octanol–water partition coefficient (Wildman–Crippen LogP) is 4.23. The fraction of sp³-hybridized carbons (Fsp3) is 0.143. The Morgan fingerprint density at radius 1 is 0.933 bits per heavy atom. The lowest BCUT2D eigenvalue weighted by atomic mass is 10.2. The molecule has 30 heavy (non-hydrogen) atoms. The van der Waals surface area contributed by atoms with Crippen LogP contribution < -0.4 is 16.0 Å². The molecule has 0 aliphatic rings. The van der Waals surface area contributed by atoms with Gasteiger partial charge in [-0.1, -0.05) is 18.2 Å². The summed E-state index contributed by atoms with van der Waals surface area (Å²) in [6.07, 6.45) is 0. The average molecular weight is 441 g/mol. The van der Waals surface area contributed by atoms with E-state index in [9.17, 15) is 14.4 Å². The smallest absolute Gasteiger partial charge is 0.257 e. The van der Waals surface area contributed by atoms with Crippen molar-refractivity contribution in [2.24, 2.45) is 0 Å². The Labute approximate surface area is 182 Å². The van der Waals surface area contributed by atoms with Crippen molar-refractivity contribution in [3.05, 3.63) is 71.2 Å². The number of hydrogen-bond donors (Lipinski definition) is 3. The number of nitrogens with zero attached hydrogens (tertiary/aromatic N) is 1. The second-order valence-electron chi connectivity index (χ2n) is 6.26. The number of carbonyl (C=O) groups is 3. The van der Waals surface area contributed by atoms with Crippen LogP contribution in [0.15, 0.2) is 60.0 Å². The number of anilines is 3. The monoisotopic (exact) mass is 440 g/mol. The van der Waals surface area contributed by atoms with Gasteiger partial charge in [-0.2, -0.15) is 0 Å². The quantitative estimate of drug-likeness (QED) is 0.487. The number of hydrogen-bond acceptors (Lipinski definition) is 6. The Morgan fingerprint density at radius 3 is 2.27 bits per heavy atom. The van der Waals surface area contributed by atoms with Crippen LogP contribution in [-0.2, 0) is 15.3 Å². The van der Waals surface area contributed by atoms with Crippen LogP contribution in [0.2, 0.25) is 0 Å². The second-order valence-corrected chi connectivity index (χ2v) is 8.11. The van der Waals surface area contributed by atoms with Crippen molar-refractivity contribution in [3.63, 3.8) is 0 Å². The molecule has 0 saturated carbocycles. The van der Waals surface area contributed by atoms with E-state index in [0.717, 1.165) is 5.69 Å². The summed E-state index contributed by atoms with van der Waals surface area (Å²) < 4.78 is 0. The van der Waals surface area contributed by atoms with Gasteiger partial charge < -0.3 is 10.6 Å². The molecule has 3 rings (SSSR count). The first-order valence-electron chi connectivity index (χ1n) is 9.05. The topological polar surface area (TPSA) is 100 Å². The number of amides is 3. The first kappa shape index (κ1) is 21.5. The summed E-state index contributed by atoms with van der Waals surface area (Å²) in [5, 5.41) is 10.7. The van der Waals surface area contributed by atoms with E-state index < -0.39 is 0 Å². The van der Waals surface area contributed by atoms with E-state index in [-0.39, 0.29) is 23.5 Å². The van der Waals surface area contributed by atoms with Crippen LogP contribution >= 0.6 is 23.1 Å². The summed E-state index contributed by atoms with van der Waals surface area (Å²) in [4.78, 5) is 39.7. The standard InChI is InChI=1S/C21H20N4O3S2/c1-14(26)22-16-7-9-17(10-8-16)23-19(27)13-29-11-18-12-30-21(24-18)25-20(28)15-5-3-2-4-6-15/h2-10,12H,11,13H2,1H3,(H,22,26)(H,23,27)(H,24,25,28). The van der Waals surface area contributed by atoms with Gasteiger partial charge in [-0.15, -0.1) is 23.1 Å². The Morgan fingerprint density at radius 2 is 1.60 bits per heavy atom. The number of benzene rings is 2. The lowest BCUT2D eigenvalue weighted by Gasteiger charge is -2.06. The molecule has 1 aromatic heterocycles. The third kappa shape index (κ3) is 6.71. The van der Waals surface area contributed by atoms with Gasteiger partial charge in [0.15, 0.2) is 5.13 Å². The molecule has 2 aromatic carbocycles. The van der Waals surface area contributed by atoms with Crippen molar-refractivity contribution >= 4 is 57.3 Å². The number of thiazole rings is 1. The van der Waals surface area contributed by atoms with Crippen LogP contribution in [0.1, 0.15) is 23.0 Å². The summed E-state index contributed by atoms with van der Waals surface area (Å²) in [5.74, 6) is 0.365. The first-order chi connectivity index (χ1) is 14.5. The zero-order chi connectivity index (χ0) is 21.3. The normalized spacial score (nSPS) is 10.3. The summed E-state index contributed by atoms with van der Waals surface area (Å²) in [6, 6.07) is 15.9. The molecule has 0 unspecified atom stereocenters. The minimum absolute atomic E-state index is 0.125. The van der Waals surface area contributed by atoms with Gasteiger partial charge in [-0.25, -0.2) is 4.98 Å². The molecular formula is C21H20N4O3S2. The van der Waals surface area contributed by atoms with E-state index in [1.54, 1.807) is 48.5 Å². The summed E-state index contributed by atoms with van der Waals surface area (Å²) in [6.45, 7) is 1.44. The molecule has 0 atom stereocenters. The van der Waals surface area contributed by atoms with Gasteiger partial charge in [0.05, 0.1) is 11.4 Å². The van der Waals surface area contributed by atoms with Crippen LogP contribution in [0.3, 0.4) is 0 Å². The first-order valence-corrected chi connectivity index (χ1v) is 11.1. The molecule has 3 N–H and O–H groups in total. The van der Waals surface area contributed by atoms with Crippen LogP contribution in [0, 0.1) is 0 Å². The molecule has 0 radical (unpaired) electrons. The minimum atomic E-state index is -0.201. The minimum Gasteiger partial charge on any atom is -0.326 e. The molecule has 0 bridgehead atoms. The van der Waals surface area contributed by atoms with Crippen molar-refractivity contribution in [3.8, 4) is 0 Å². The maximum atomic E-state index is 12.2. The second kappa shape index (κ2) is 10.6. The fourth-order valence-electron chi connectivity index (χ4n) is 2.48. The maximum absolute atomic E-state index is 12.2. The van der Waals surface area contributed by atoms with Gasteiger partial charge in [0, 0.05) is 35.0 Å². The molecule has 154 valence electrons. The number of nitrogens with one attached hydrogen (secondary N) is 3.